The Kier molecular flexibility index (Phi) is 8.16. The zero-order valence-electron chi connectivity index (χ0n) is 12.7. The quantitative estimate of drug-likeness (QED) is 0.736. The average molecular weight is 314 g/mol. The Bertz CT molecular complexity index is 451. The third kappa shape index (κ3) is 6.36. The first-order valence-electron chi connectivity index (χ1n) is 7.38. The number of nitrogens with one attached hydrogen (secondary N) is 1. The largest absolute Gasteiger partial charge is 0.484 e. The van der Waals surface area contributed by atoms with Crippen LogP contribution in [-0.4, -0.2) is 30.8 Å². The smallest absolute Gasteiger partial charge is 0.258 e. The van der Waals surface area contributed by atoms with E-state index in [-0.39, 0.29) is 25.7 Å². The second-order valence-corrected chi connectivity index (χ2v) is 5.50. The van der Waals surface area contributed by atoms with Gasteiger partial charge in [-0.1, -0.05) is 44.4 Å². The van der Waals surface area contributed by atoms with Crippen molar-refractivity contribution in [3.63, 3.8) is 0 Å². The fourth-order valence-corrected chi connectivity index (χ4v) is 2.42. The van der Waals surface area contributed by atoms with Gasteiger partial charge in [0.05, 0.1) is 6.61 Å². The van der Waals surface area contributed by atoms with Crippen molar-refractivity contribution >= 4 is 17.5 Å². The van der Waals surface area contributed by atoms with Gasteiger partial charge in [0.25, 0.3) is 5.91 Å². The van der Waals surface area contributed by atoms with E-state index in [1.165, 1.54) is 12.8 Å². The van der Waals surface area contributed by atoms with Gasteiger partial charge in [-0.05, 0) is 30.0 Å². The third-order valence-electron chi connectivity index (χ3n) is 3.30. The number of rotatable bonds is 9. The molecular weight excluding hydrogens is 290 g/mol. The highest BCUT2D eigenvalue weighted by Crippen LogP contribution is 2.31. The molecule has 0 bridgehead atoms. The van der Waals surface area contributed by atoms with E-state index in [0.29, 0.717) is 16.7 Å². The van der Waals surface area contributed by atoms with Crippen LogP contribution < -0.4 is 10.1 Å². The molecular formula is C16H24ClNO3. The van der Waals surface area contributed by atoms with E-state index in [0.717, 1.165) is 12.0 Å². The number of ether oxygens (including phenoxy) is 1. The van der Waals surface area contributed by atoms with Crippen molar-refractivity contribution in [3.05, 3.63) is 28.8 Å². The van der Waals surface area contributed by atoms with E-state index in [2.05, 4.69) is 19.2 Å². The number of hydrogen-bond donors (Lipinski definition) is 2. The van der Waals surface area contributed by atoms with Crippen molar-refractivity contribution in [2.45, 2.75) is 39.0 Å². The van der Waals surface area contributed by atoms with Crippen LogP contribution in [0.25, 0.3) is 0 Å². The standard InChI is InChI=1S/C16H24ClNO3/c1-3-4-5-12(2)14-7-6-13(10-15(14)17)21-11-16(20)18-8-9-19/h6-7,10,12,19H,3-5,8-9,11H2,1-2H3,(H,18,20)/t12-/m0/s1. The topological polar surface area (TPSA) is 58.6 Å². The molecule has 1 rings (SSSR count). The van der Waals surface area contributed by atoms with Gasteiger partial charge in [0.1, 0.15) is 5.75 Å². The normalized spacial score (nSPS) is 12.0. The lowest BCUT2D eigenvalue weighted by Gasteiger charge is -2.14. The van der Waals surface area contributed by atoms with Gasteiger partial charge >= 0.3 is 0 Å². The summed E-state index contributed by atoms with van der Waals surface area (Å²) in [6.45, 7) is 4.41. The van der Waals surface area contributed by atoms with E-state index in [1.54, 1.807) is 6.07 Å². The van der Waals surface area contributed by atoms with Gasteiger partial charge in [0, 0.05) is 11.6 Å². The Balaban J connectivity index is 2.55. The lowest BCUT2D eigenvalue weighted by molar-refractivity contribution is -0.123. The Morgan fingerprint density at radius 1 is 1.48 bits per heavy atom. The summed E-state index contributed by atoms with van der Waals surface area (Å²) in [5.41, 5.74) is 1.11. The minimum atomic E-state index is -0.263. The molecule has 0 fully saturated rings. The van der Waals surface area contributed by atoms with E-state index >= 15 is 0 Å². The van der Waals surface area contributed by atoms with Crippen LogP contribution in [0.2, 0.25) is 5.02 Å². The first-order valence-corrected chi connectivity index (χ1v) is 7.76. The molecule has 1 amide bonds. The van der Waals surface area contributed by atoms with Crippen molar-refractivity contribution in [1.82, 2.24) is 5.32 Å². The summed E-state index contributed by atoms with van der Waals surface area (Å²) < 4.78 is 5.38. The molecule has 0 heterocycles. The highest BCUT2D eigenvalue weighted by atomic mass is 35.5. The first kappa shape index (κ1) is 17.8. The van der Waals surface area contributed by atoms with Crippen LogP contribution in [0.4, 0.5) is 0 Å². The number of carbonyl (C=O) groups excluding carboxylic acids is 1. The maximum atomic E-state index is 11.4. The van der Waals surface area contributed by atoms with Gasteiger partial charge in [-0.3, -0.25) is 4.79 Å². The van der Waals surface area contributed by atoms with E-state index in [4.69, 9.17) is 21.4 Å². The molecule has 118 valence electrons. The molecule has 0 spiro atoms. The predicted octanol–water partition coefficient (Wildman–Crippen LogP) is 3.12. The minimum Gasteiger partial charge on any atom is -0.484 e. The second-order valence-electron chi connectivity index (χ2n) is 5.09. The van der Waals surface area contributed by atoms with E-state index in [9.17, 15) is 4.79 Å². The maximum absolute atomic E-state index is 11.4. The van der Waals surface area contributed by atoms with Crippen molar-refractivity contribution in [1.29, 1.82) is 0 Å². The van der Waals surface area contributed by atoms with Crippen LogP contribution in [0.3, 0.4) is 0 Å². The van der Waals surface area contributed by atoms with E-state index < -0.39 is 0 Å². The Morgan fingerprint density at radius 3 is 2.86 bits per heavy atom. The van der Waals surface area contributed by atoms with Crippen LogP contribution in [0.1, 0.15) is 44.6 Å². The molecule has 0 unspecified atom stereocenters. The number of amides is 1. The summed E-state index contributed by atoms with van der Waals surface area (Å²) in [6, 6.07) is 5.55. The lowest BCUT2D eigenvalue weighted by atomic mass is 9.95. The zero-order valence-corrected chi connectivity index (χ0v) is 13.4. The molecule has 21 heavy (non-hydrogen) atoms. The lowest BCUT2D eigenvalue weighted by Crippen LogP contribution is -2.31. The van der Waals surface area contributed by atoms with Crippen LogP contribution >= 0.6 is 11.6 Å². The number of aliphatic hydroxyl groups excluding tert-OH is 1. The van der Waals surface area contributed by atoms with Crippen LogP contribution in [0, 0.1) is 0 Å². The highest BCUT2D eigenvalue weighted by Gasteiger charge is 2.11. The molecule has 1 aromatic carbocycles. The van der Waals surface area contributed by atoms with Crippen LogP contribution in [-0.2, 0) is 4.79 Å². The number of aliphatic hydroxyl groups is 1. The Labute approximate surface area is 131 Å². The Morgan fingerprint density at radius 2 is 2.24 bits per heavy atom. The maximum Gasteiger partial charge on any atom is 0.258 e. The molecule has 0 aromatic heterocycles. The Hall–Kier alpha value is -1.26. The molecule has 0 radical (unpaired) electrons. The molecule has 0 saturated heterocycles. The van der Waals surface area contributed by atoms with Crippen LogP contribution in [0.15, 0.2) is 18.2 Å². The van der Waals surface area contributed by atoms with Gasteiger partial charge in [-0.15, -0.1) is 0 Å². The van der Waals surface area contributed by atoms with E-state index in [1.807, 2.05) is 12.1 Å². The number of hydrogen-bond acceptors (Lipinski definition) is 3. The summed E-state index contributed by atoms with van der Waals surface area (Å²) in [4.78, 5) is 11.4. The highest BCUT2D eigenvalue weighted by molar-refractivity contribution is 6.31. The van der Waals surface area contributed by atoms with Crippen molar-refractivity contribution in [3.8, 4) is 5.75 Å². The molecule has 2 N–H and O–H groups in total. The number of unbranched alkanes of at least 4 members (excludes halogenated alkanes) is 1. The first-order chi connectivity index (χ1) is 10.1. The second kappa shape index (κ2) is 9.64. The summed E-state index contributed by atoms with van der Waals surface area (Å²) in [5, 5.41) is 11.8. The molecule has 0 aliphatic carbocycles. The summed E-state index contributed by atoms with van der Waals surface area (Å²) >= 11 is 6.29. The van der Waals surface area contributed by atoms with Crippen LogP contribution in [0.5, 0.6) is 5.75 Å². The third-order valence-corrected chi connectivity index (χ3v) is 3.62. The zero-order chi connectivity index (χ0) is 15.7. The van der Waals surface area contributed by atoms with Gasteiger partial charge in [-0.2, -0.15) is 0 Å². The van der Waals surface area contributed by atoms with Gasteiger partial charge in [-0.25, -0.2) is 0 Å². The summed E-state index contributed by atoms with van der Waals surface area (Å²) in [6.07, 6.45) is 3.47. The number of halogens is 1. The summed E-state index contributed by atoms with van der Waals surface area (Å²) in [7, 11) is 0. The molecule has 4 nitrogen and oxygen atoms in total. The van der Waals surface area contributed by atoms with Crippen molar-refractivity contribution in [2.24, 2.45) is 0 Å². The molecule has 0 aliphatic rings. The molecule has 0 saturated carbocycles. The van der Waals surface area contributed by atoms with Gasteiger partial charge in [0.15, 0.2) is 6.61 Å². The fourth-order valence-electron chi connectivity index (χ4n) is 2.06. The SMILES string of the molecule is CCCC[C@H](C)c1ccc(OCC(=O)NCCO)cc1Cl. The van der Waals surface area contributed by atoms with Crippen molar-refractivity contribution < 1.29 is 14.6 Å². The molecule has 1 aromatic rings. The number of benzene rings is 1. The fraction of sp³-hybridized carbons (Fsp3) is 0.562. The molecule has 5 heteroatoms. The molecule has 0 aliphatic heterocycles. The predicted molar refractivity (Wildman–Crippen MR) is 85.0 cm³/mol. The monoisotopic (exact) mass is 313 g/mol. The van der Waals surface area contributed by atoms with Crippen molar-refractivity contribution in [2.75, 3.05) is 19.8 Å². The minimum absolute atomic E-state index is 0.0814. The summed E-state index contributed by atoms with van der Waals surface area (Å²) in [5.74, 6) is 0.727. The average Bonchev–Trinajstić information content (AvgIpc) is 2.48. The van der Waals surface area contributed by atoms with Gasteiger partial charge < -0.3 is 15.2 Å². The number of carbonyl (C=O) groups is 1. The van der Waals surface area contributed by atoms with Gasteiger partial charge in [0.2, 0.25) is 0 Å². The molecule has 1 atom stereocenters.